The fourth-order valence-corrected chi connectivity index (χ4v) is 1.48. The number of nitrogens with two attached hydrogens (primary N) is 1. The zero-order chi connectivity index (χ0) is 16.9. The highest BCUT2D eigenvalue weighted by Gasteiger charge is 2.33. The summed E-state index contributed by atoms with van der Waals surface area (Å²) in [6, 6.07) is 5.65. The van der Waals surface area contributed by atoms with Gasteiger partial charge >= 0.3 is 18.2 Å². The highest BCUT2D eigenvalue weighted by Crippen LogP contribution is 2.28. The number of nitrogens with zero attached hydrogens (tertiary/aromatic N) is 3. The third-order valence-electron chi connectivity index (χ3n) is 2.38. The molecule has 2 amide bonds. The number of nitrogens with one attached hydrogen (secondary N) is 1. The topological polar surface area (TPSA) is 102 Å². The zero-order valence-corrected chi connectivity index (χ0v) is 11.4. The van der Waals surface area contributed by atoms with E-state index in [1.54, 1.807) is 12.1 Å². The number of carbonyl (C=O) groups is 1. The first-order chi connectivity index (χ1) is 10.8. The Kier molecular flexibility index (Phi) is 4.74. The number of ether oxygens (including phenoxy) is 1. The maximum atomic E-state index is 12.6. The summed E-state index contributed by atoms with van der Waals surface area (Å²) in [5.74, 6) is 0.201. The molecule has 2 aromatic rings. The van der Waals surface area contributed by atoms with Crippen LogP contribution in [0.5, 0.6) is 11.8 Å². The average Bonchev–Trinajstić information content (AvgIpc) is 2.47. The van der Waals surface area contributed by atoms with Gasteiger partial charge in [0.1, 0.15) is 5.75 Å². The maximum absolute atomic E-state index is 12.6. The number of aromatic nitrogens is 2. The van der Waals surface area contributed by atoms with Crippen molar-refractivity contribution in [3.05, 3.63) is 47.8 Å². The Bertz CT molecular complexity index is 734. The molecule has 120 valence electrons. The third kappa shape index (κ3) is 4.95. The lowest BCUT2D eigenvalue weighted by Crippen LogP contribution is -2.24. The van der Waals surface area contributed by atoms with Crippen molar-refractivity contribution >= 4 is 12.2 Å². The van der Waals surface area contributed by atoms with Gasteiger partial charge in [-0.3, -0.25) is 0 Å². The predicted octanol–water partition coefficient (Wildman–Crippen LogP) is 2.29. The van der Waals surface area contributed by atoms with Crippen molar-refractivity contribution < 1.29 is 22.7 Å². The molecule has 0 saturated carbocycles. The van der Waals surface area contributed by atoms with Gasteiger partial charge in [-0.25, -0.2) is 15.2 Å². The predicted molar refractivity (Wildman–Crippen MR) is 73.9 cm³/mol. The van der Waals surface area contributed by atoms with Crippen LogP contribution in [0.25, 0.3) is 0 Å². The van der Waals surface area contributed by atoms with E-state index in [4.69, 9.17) is 10.5 Å². The summed E-state index contributed by atoms with van der Waals surface area (Å²) in [6.07, 6.45) is -2.35. The van der Waals surface area contributed by atoms with Crippen LogP contribution in [-0.2, 0) is 6.18 Å². The molecule has 23 heavy (non-hydrogen) atoms. The largest absolute Gasteiger partial charge is 0.433 e. The van der Waals surface area contributed by atoms with Crippen molar-refractivity contribution in [3.63, 3.8) is 0 Å². The fraction of sp³-hybridized carbons (Fsp3) is 0.0769. The van der Waals surface area contributed by atoms with E-state index in [1.165, 1.54) is 18.3 Å². The number of benzene rings is 1. The van der Waals surface area contributed by atoms with Crippen LogP contribution in [0.1, 0.15) is 11.3 Å². The lowest BCUT2D eigenvalue weighted by molar-refractivity contribution is -0.141. The van der Waals surface area contributed by atoms with E-state index in [2.05, 4.69) is 15.1 Å². The fourth-order valence-electron chi connectivity index (χ4n) is 1.48. The van der Waals surface area contributed by atoms with E-state index in [9.17, 15) is 18.0 Å². The highest BCUT2D eigenvalue weighted by molar-refractivity contribution is 5.81. The second-order valence-corrected chi connectivity index (χ2v) is 4.13. The number of urea groups is 1. The van der Waals surface area contributed by atoms with Gasteiger partial charge in [0, 0.05) is 6.20 Å². The summed E-state index contributed by atoms with van der Waals surface area (Å²) in [4.78, 5) is 17.4. The standard InChI is InChI=1S/C13H10F3N5O2/c14-13(15,16)10-4-5-18-12(20-10)23-9-3-1-2-8(6-9)7-19-21-11(17)22/h1-7H,(H3,17,21,22). The molecule has 0 aliphatic rings. The molecular formula is C13H10F3N5O2. The van der Waals surface area contributed by atoms with E-state index < -0.39 is 23.9 Å². The molecule has 0 aliphatic carbocycles. The van der Waals surface area contributed by atoms with Gasteiger partial charge in [0.2, 0.25) is 0 Å². The molecule has 0 radical (unpaired) electrons. The Balaban J connectivity index is 2.14. The van der Waals surface area contributed by atoms with Crippen molar-refractivity contribution in [3.8, 4) is 11.8 Å². The first kappa shape index (κ1) is 16.2. The minimum absolute atomic E-state index is 0.201. The number of hydrazone groups is 1. The Morgan fingerprint density at radius 3 is 2.83 bits per heavy atom. The summed E-state index contributed by atoms with van der Waals surface area (Å²) in [6.45, 7) is 0. The molecule has 0 aliphatic heterocycles. The molecule has 1 aromatic carbocycles. The summed E-state index contributed by atoms with van der Waals surface area (Å²) < 4.78 is 42.9. The molecule has 0 saturated heterocycles. The third-order valence-corrected chi connectivity index (χ3v) is 2.38. The van der Waals surface area contributed by atoms with Crippen LogP contribution in [-0.4, -0.2) is 22.2 Å². The van der Waals surface area contributed by atoms with E-state index >= 15 is 0 Å². The Morgan fingerprint density at radius 1 is 1.35 bits per heavy atom. The molecular weight excluding hydrogens is 315 g/mol. The van der Waals surface area contributed by atoms with Gasteiger partial charge in [-0.1, -0.05) is 12.1 Å². The Labute approximate surface area is 128 Å². The van der Waals surface area contributed by atoms with Crippen molar-refractivity contribution in [2.75, 3.05) is 0 Å². The minimum Gasteiger partial charge on any atom is -0.424 e. The first-order valence-electron chi connectivity index (χ1n) is 6.11. The van der Waals surface area contributed by atoms with Crippen LogP contribution >= 0.6 is 0 Å². The molecule has 2 rings (SSSR count). The minimum atomic E-state index is -4.59. The van der Waals surface area contributed by atoms with Crippen LogP contribution in [0.15, 0.2) is 41.6 Å². The van der Waals surface area contributed by atoms with Crippen molar-refractivity contribution in [2.24, 2.45) is 10.8 Å². The summed E-state index contributed by atoms with van der Waals surface area (Å²) in [7, 11) is 0. The van der Waals surface area contributed by atoms with Gasteiger partial charge in [0.25, 0.3) is 0 Å². The number of halogens is 3. The van der Waals surface area contributed by atoms with Crippen LogP contribution in [0.3, 0.4) is 0 Å². The van der Waals surface area contributed by atoms with E-state index in [1.807, 2.05) is 5.43 Å². The van der Waals surface area contributed by atoms with Gasteiger partial charge in [-0.05, 0) is 23.8 Å². The highest BCUT2D eigenvalue weighted by atomic mass is 19.4. The normalized spacial score (nSPS) is 11.4. The van der Waals surface area contributed by atoms with Gasteiger partial charge in [-0.15, -0.1) is 0 Å². The molecule has 1 aromatic heterocycles. The van der Waals surface area contributed by atoms with Gasteiger partial charge in [0.05, 0.1) is 6.21 Å². The monoisotopic (exact) mass is 325 g/mol. The second kappa shape index (κ2) is 6.73. The number of amides is 2. The number of hydrogen-bond acceptors (Lipinski definition) is 5. The SMILES string of the molecule is NC(=O)NN=Cc1cccc(Oc2nccc(C(F)(F)F)n2)c1. The van der Waals surface area contributed by atoms with E-state index in [0.717, 1.165) is 12.3 Å². The van der Waals surface area contributed by atoms with Gasteiger partial charge < -0.3 is 10.5 Å². The molecule has 7 nitrogen and oxygen atoms in total. The quantitative estimate of drug-likeness (QED) is 0.665. The summed E-state index contributed by atoms with van der Waals surface area (Å²) >= 11 is 0. The van der Waals surface area contributed by atoms with Crippen LogP contribution in [0.4, 0.5) is 18.0 Å². The molecule has 0 fully saturated rings. The van der Waals surface area contributed by atoms with Crippen LogP contribution in [0, 0.1) is 0 Å². The Morgan fingerprint density at radius 2 is 2.13 bits per heavy atom. The van der Waals surface area contributed by atoms with Gasteiger partial charge in [-0.2, -0.15) is 23.3 Å². The van der Waals surface area contributed by atoms with Crippen molar-refractivity contribution in [1.82, 2.24) is 15.4 Å². The maximum Gasteiger partial charge on any atom is 0.433 e. The van der Waals surface area contributed by atoms with Crippen molar-refractivity contribution in [2.45, 2.75) is 6.18 Å². The summed E-state index contributed by atoms with van der Waals surface area (Å²) in [5.41, 5.74) is 6.26. The average molecular weight is 325 g/mol. The summed E-state index contributed by atoms with van der Waals surface area (Å²) in [5, 5.41) is 3.55. The second-order valence-electron chi connectivity index (χ2n) is 4.13. The number of hydrogen-bond donors (Lipinski definition) is 2. The van der Waals surface area contributed by atoms with E-state index in [0.29, 0.717) is 5.56 Å². The molecule has 0 unspecified atom stereocenters. The number of carbonyl (C=O) groups excluding carboxylic acids is 1. The number of alkyl halides is 3. The molecule has 0 bridgehead atoms. The molecule has 0 spiro atoms. The lowest BCUT2D eigenvalue weighted by atomic mass is 10.2. The smallest absolute Gasteiger partial charge is 0.424 e. The lowest BCUT2D eigenvalue weighted by Gasteiger charge is -2.08. The zero-order valence-electron chi connectivity index (χ0n) is 11.4. The van der Waals surface area contributed by atoms with Crippen LogP contribution < -0.4 is 15.9 Å². The molecule has 3 N–H and O–H groups in total. The Hall–Kier alpha value is -3.17. The number of rotatable bonds is 4. The number of primary amides is 1. The van der Waals surface area contributed by atoms with Crippen LogP contribution in [0.2, 0.25) is 0 Å². The van der Waals surface area contributed by atoms with E-state index in [-0.39, 0.29) is 5.75 Å². The molecule has 1 heterocycles. The molecule has 0 atom stereocenters. The molecule has 10 heteroatoms. The van der Waals surface area contributed by atoms with Gasteiger partial charge in [0.15, 0.2) is 5.69 Å². The van der Waals surface area contributed by atoms with Crippen molar-refractivity contribution in [1.29, 1.82) is 0 Å². The first-order valence-corrected chi connectivity index (χ1v) is 6.11.